The number of benzene rings is 1. The first kappa shape index (κ1) is 35.9. The maximum Gasteiger partial charge on any atom is 0.508 e. The largest absolute Gasteiger partial charge is 0.508 e. The van der Waals surface area contributed by atoms with E-state index in [2.05, 4.69) is 0 Å². The molecule has 0 amide bonds. The monoisotopic (exact) mass is 579 g/mol. The highest BCUT2D eigenvalue weighted by Crippen LogP contribution is 2.38. The van der Waals surface area contributed by atoms with Gasteiger partial charge in [-0.15, -0.1) is 0 Å². The third kappa shape index (κ3) is 13.4. The van der Waals surface area contributed by atoms with Gasteiger partial charge in [-0.1, -0.05) is 75.3 Å². The highest BCUT2D eigenvalue weighted by molar-refractivity contribution is 5.78. The normalized spacial score (nSPS) is 15.2. The highest BCUT2D eigenvalue weighted by atomic mass is 16.7. The maximum atomic E-state index is 12.8. The van der Waals surface area contributed by atoms with Crippen molar-refractivity contribution in [2.45, 2.75) is 107 Å². The van der Waals surface area contributed by atoms with Crippen LogP contribution in [0.2, 0.25) is 0 Å². The number of nitrogens with two attached hydrogens (primary N) is 1. The van der Waals surface area contributed by atoms with Crippen molar-refractivity contribution < 1.29 is 43.2 Å². The van der Waals surface area contributed by atoms with Crippen molar-refractivity contribution in [3.63, 3.8) is 0 Å². The number of aliphatic carboxylic acids is 1. The number of carboxylic acid groups (broad SMARTS) is 1. The number of hydrogen-bond acceptors (Lipinski definition) is 9. The van der Waals surface area contributed by atoms with Crippen LogP contribution in [0.15, 0.2) is 18.2 Å². The molecule has 3 unspecified atom stereocenters. The molecule has 1 aromatic carbocycles. The van der Waals surface area contributed by atoms with Gasteiger partial charge in [-0.3, -0.25) is 14.4 Å². The van der Waals surface area contributed by atoms with Gasteiger partial charge in [0.05, 0.1) is 19.4 Å². The molecule has 0 bridgehead atoms. The van der Waals surface area contributed by atoms with Crippen LogP contribution < -0.4 is 15.2 Å². The molecule has 0 saturated heterocycles. The minimum atomic E-state index is -1.39. The van der Waals surface area contributed by atoms with Gasteiger partial charge in [0.1, 0.15) is 12.1 Å². The summed E-state index contributed by atoms with van der Waals surface area (Å²) in [6.07, 6.45) is -1.45. The van der Waals surface area contributed by atoms with Crippen LogP contribution in [0.4, 0.5) is 4.79 Å². The Morgan fingerprint density at radius 2 is 1.29 bits per heavy atom. The molecular weight excluding hydrogens is 530 g/mol. The van der Waals surface area contributed by atoms with Gasteiger partial charge < -0.3 is 29.8 Å². The lowest BCUT2D eigenvalue weighted by Gasteiger charge is -2.32. The predicted molar refractivity (Wildman–Crippen MR) is 155 cm³/mol. The average Bonchev–Trinajstić information content (AvgIpc) is 2.76. The molecule has 1 aromatic rings. The molecule has 0 fully saturated rings. The Morgan fingerprint density at radius 3 is 1.73 bits per heavy atom. The molecule has 3 N–H and O–H groups in total. The molecule has 0 aliphatic carbocycles. The number of carboxylic acids is 1. The minimum absolute atomic E-state index is 0.0237. The maximum absolute atomic E-state index is 12.8. The molecule has 1 rings (SSSR count). The summed E-state index contributed by atoms with van der Waals surface area (Å²) in [6, 6.07) is 3.08. The van der Waals surface area contributed by atoms with Gasteiger partial charge in [0.15, 0.2) is 11.5 Å². The van der Waals surface area contributed by atoms with Crippen molar-refractivity contribution in [2.75, 3.05) is 6.61 Å². The third-order valence-electron chi connectivity index (χ3n) is 6.03. The van der Waals surface area contributed by atoms with Gasteiger partial charge in [0.25, 0.3) is 0 Å². The molecule has 0 spiro atoms. The Kier molecular flexibility index (Phi) is 12.4. The molecule has 10 heteroatoms. The molecule has 0 radical (unpaired) electrons. The molecule has 0 aliphatic heterocycles. The van der Waals surface area contributed by atoms with Gasteiger partial charge in [0, 0.05) is 11.8 Å². The van der Waals surface area contributed by atoms with Crippen LogP contribution in [0.1, 0.15) is 100 Å². The molecule has 0 aromatic heterocycles. The average molecular weight is 580 g/mol. The summed E-state index contributed by atoms with van der Waals surface area (Å²) >= 11 is 0. The predicted octanol–water partition coefficient (Wildman–Crippen LogP) is 6.09. The Morgan fingerprint density at radius 1 is 0.805 bits per heavy atom. The SMILES string of the molecule is CC(OC(=O)OCC(C)(C)C)C(C)C(c1ccc(OC(=O)CC(C)(C)C)c(OC(=O)CC(C)(C)C)c1)[C@H](N)C(=O)O. The number of carbonyl (C=O) groups excluding carboxylic acids is 3. The summed E-state index contributed by atoms with van der Waals surface area (Å²) in [5.41, 5.74) is 5.58. The molecule has 0 aliphatic rings. The Balaban J connectivity index is 3.44. The molecular formula is C31H49NO9. The van der Waals surface area contributed by atoms with Crippen LogP contribution in [0.5, 0.6) is 11.5 Å². The van der Waals surface area contributed by atoms with Crippen LogP contribution in [0, 0.1) is 22.2 Å². The zero-order valence-corrected chi connectivity index (χ0v) is 26.5. The summed E-state index contributed by atoms with van der Waals surface area (Å²) < 4.78 is 21.8. The van der Waals surface area contributed by atoms with E-state index in [0.717, 1.165) is 0 Å². The number of carbonyl (C=O) groups is 4. The summed E-state index contributed by atoms with van der Waals surface area (Å²) in [7, 11) is 0. The summed E-state index contributed by atoms with van der Waals surface area (Å²) in [5, 5.41) is 9.81. The van der Waals surface area contributed by atoms with Crippen LogP contribution in [-0.2, 0) is 23.9 Å². The fourth-order valence-corrected chi connectivity index (χ4v) is 3.93. The zero-order valence-electron chi connectivity index (χ0n) is 26.5. The Hall–Kier alpha value is -3.14. The van der Waals surface area contributed by atoms with Crippen molar-refractivity contribution in [3.05, 3.63) is 23.8 Å². The summed E-state index contributed by atoms with van der Waals surface area (Å²) in [6.45, 7) is 20.5. The molecule has 10 nitrogen and oxygen atoms in total. The number of esters is 2. The lowest BCUT2D eigenvalue weighted by molar-refractivity contribution is -0.140. The minimum Gasteiger partial charge on any atom is -0.480 e. The quantitative estimate of drug-likeness (QED) is 0.233. The van der Waals surface area contributed by atoms with E-state index in [0.29, 0.717) is 5.56 Å². The van der Waals surface area contributed by atoms with Gasteiger partial charge >= 0.3 is 24.1 Å². The van der Waals surface area contributed by atoms with Crippen molar-refractivity contribution >= 4 is 24.1 Å². The Labute approximate surface area is 244 Å². The van der Waals surface area contributed by atoms with Crippen molar-refractivity contribution in [1.29, 1.82) is 0 Å². The standard InChI is InChI=1S/C31H49NO9/c1-18(19(2)39-28(37)38-17-31(9,10)11)25(26(32)27(35)36)20-12-13-21(40-23(33)15-29(3,4)5)22(14-20)41-24(34)16-30(6,7)8/h12-14,18-19,25-26H,15-17,32H2,1-11H3,(H,35,36)/t18?,19?,25?,26-/m0/s1. The van der Waals surface area contributed by atoms with E-state index in [-0.39, 0.29) is 47.2 Å². The van der Waals surface area contributed by atoms with E-state index < -0.39 is 48.0 Å². The van der Waals surface area contributed by atoms with Gasteiger partial charge in [-0.05, 0) is 40.9 Å². The lowest BCUT2D eigenvalue weighted by Crippen LogP contribution is -2.42. The van der Waals surface area contributed by atoms with E-state index in [1.54, 1.807) is 19.9 Å². The van der Waals surface area contributed by atoms with Crippen molar-refractivity contribution in [1.82, 2.24) is 0 Å². The summed E-state index contributed by atoms with van der Waals surface area (Å²) in [5.74, 6) is -3.82. The van der Waals surface area contributed by atoms with E-state index in [1.165, 1.54) is 12.1 Å². The van der Waals surface area contributed by atoms with Gasteiger partial charge in [-0.2, -0.15) is 0 Å². The van der Waals surface area contributed by atoms with Crippen molar-refractivity contribution in [2.24, 2.45) is 27.9 Å². The Bertz CT molecular complexity index is 1080. The summed E-state index contributed by atoms with van der Waals surface area (Å²) in [4.78, 5) is 49.7. The second-order valence-corrected chi connectivity index (χ2v) is 14.3. The van der Waals surface area contributed by atoms with E-state index in [4.69, 9.17) is 24.7 Å². The van der Waals surface area contributed by atoms with Gasteiger partial charge in [0.2, 0.25) is 0 Å². The first-order valence-corrected chi connectivity index (χ1v) is 13.9. The first-order valence-electron chi connectivity index (χ1n) is 13.9. The van der Waals surface area contributed by atoms with Crippen molar-refractivity contribution in [3.8, 4) is 11.5 Å². The van der Waals surface area contributed by atoms with Crippen LogP contribution >= 0.6 is 0 Å². The zero-order chi connectivity index (χ0) is 31.9. The second-order valence-electron chi connectivity index (χ2n) is 14.3. The van der Waals surface area contributed by atoms with E-state index in [9.17, 15) is 24.3 Å². The van der Waals surface area contributed by atoms with Crippen LogP contribution in [0.3, 0.4) is 0 Å². The molecule has 41 heavy (non-hydrogen) atoms. The number of hydrogen-bond donors (Lipinski definition) is 2. The van der Waals surface area contributed by atoms with Crippen LogP contribution in [-0.4, -0.2) is 47.9 Å². The molecule has 0 heterocycles. The topological polar surface area (TPSA) is 151 Å². The van der Waals surface area contributed by atoms with E-state index >= 15 is 0 Å². The van der Waals surface area contributed by atoms with Gasteiger partial charge in [-0.25, -0.2) is 4.79 Å². The van der Waals surface area contributed by atoms with E-state index in [1.807, 2.05) is 62.3 Å². The molecule has 4 atom stereocenters. The molecule has 232 valence electrons. The highest BCUT2D eigenvalue weighted by Gasteiger charge is 2.36. The number of rotatable bonds is 11. The third-order valence-corrected chi connectivity index (χ3v) is 6.03. The lowest BCUT2D eigenvalue weighted by atomic mass is 9.79. The molecule has 0 saturated carbocycles. The smallest absolute Gasteiger partial charge is 0.480 e. The number of ether oxygens (including phenoxy) is 4. The van der Waals surface area contributed by atoms with Crippen LogP contribution in [0.25, 0.3) is 0 Å². The first-order chi connectivity index (χ1) is 18.5. The fourth-order valence-electron chi connectivity index (χ4n) is 3.93. The second kappa shape index (κ2) is 14.2. The fraction of sp³-hybridized carbons (Fsp3) is 0.677.